The van der Waals surface area contributed by atoms with Gasteiger partial charge in [0, 0.05) is 27.1 Å². The van der Waals surface area contributed by atoms with E-state index in [1.54, 1.807) is 6.33 Å². The molecule has 0 amide bonds. The molecule has 3 heteroatoms. The first kappa shape index (κ1) is 21.8. The van der Waals surface area contributed by atoms with Crippen LogP contribution < -0.4 is 0 Å². The zero-order valence-corrected chi connectivity index (χ0v) is 21.2. The summed E-state index contributed by atoms with van der Waals surface area (Å²) in [6.45, 7) is 13.4. The molecule has 0 spiro atoms. The molecular formula is C32H30N2O. The maximum Gasteiger partial charge on any atom is 0.144 e. The van der Waals surface area contributed by atoms with Crippen molar-refractivity contribution in [2.75, 3.05) is 0 Å². The first-order valence-corrected chi connectivity index (χ1v) is 12.4. The van der Waals surface area contributed by atoms with E-state index < -0.39 is 0 Å². The largest absolute Gasteiger partial charge is 0.455 e. The van der Waals surface area contributed by atoms with Gasteiger partial charge in [0.05, 0.1) is 11.2 Å². The van der Waals surface area contributed by atoms with Crippen molar-refractivity contribution in [2.45, 2.75) is 52.9 Å². The Morgan fingerprint density at radius 1 is 0.829 bits per heavy atom. The van der Waals surface area contributed by atoms with Crippen LogP contribution >= 0.6 is 0 Å². The summed E-state index contributed by atoms with van der Waals surface area (Å²) in [4.78, 5) is 9.53. The Bertz CT molecular complexity index is 1770. The number of para-hydroxylation sites is 1. The van der Waals surface area contributed by atoms with Gasteiger partial charge in [-0.05, 0) is 58.5 Å². The van der Waals surface area contributed by atoms with Crippen molar-refractivity contribution in [3.8, 4) is 11.3 Å². The monoisotopic (exact) mass is 458 g/mol. The summed E-state index contributed by atoms with van der Waals surface area (Å²) >= 11 is 0. The predicted octanol–water partition coefficient (Wildman–Crippen LogP) is 9.08. The van der Waals surface area contributed by atoms with Gasteiger partial charge >= 0.3 is 0 Å². The summed E-state index contributed by atoms with van der Waals surface area (Å²) in [6.07, 6.45) is 1.69. The van der Waals surface area contributed by atoms with Crippen molar-refractivity contribution in [3.05, 3.63) is 83.7 Å². The maximum absolute atomic E-state index is 6.48. The molecule has 0 saturated carbocycles. The van der Waals surface area contributed by atoms with Crippen LogP contribution in [0.1, 0.15) is 57.2 Å². The Morgan fingerprint density at radius 3 is 2.40 bits per heavy atom. The highest BCUT2D eigenvalue weighted by Gasteiger charge is 2.19. The molecule has 0 radical (unpaired) electrons. The number of nitrogens with zero attached hydrogens (tertiary/aromatic N) is 2. The average Bonchev–Trinajstić information content (AvgIpc) is 3.20. The molecule has 0 N–H and O–H groups in total. The summed E-state index contributed by atoms with van der Waals surface area (Å²) in [7, 11) is 0. The van der Waals surface area contributed by atoms with E-state index >= 15 is 0 Å². The van der Waals surface area contributed by atoms with Gasteiger partial charge in [-0.3, -0.25) is 0 Å². The molecule has 4 aromatic carbocycles. The van der Waals surface area contributed by atoms with Gasteiger partial charge in [-0.15, -0.1) is 0 Å². The third-order valence-electron chi connectivity index (χ3n) is 7.23. The lowest BCUT2D eigenvalue weighted by atomic mass is 9.84. The summed E-state index contributed by atoms with van der Waals surface area (Å²) in [5.74, 6) is 0.452. The van der Waals surface area contributed by atoms with Gasteiger partial charge in [-0.25, -0.2) is 9.97 Å². The molecule has 0 aliphatic rings. The van der Waals surface area contributed by atoms with E-state index in [9.17, 15) is 0 Å². The Labute approximate surface area is 205 Å². The molecular weight excluding hydrogens is 428 g/mol. The minimum Gasteiger partial charge on any atom is -0.455 e. The fourth-order valence-corrected chi connectivity index (χ4v) is 5.20. The molecule has 0 aliphatic heterocycles. The smallest absolute Gasteiger partial charge is 0.144 e. The molecule has 3 nitrogen and oxygen atoms in total. The highest BCUT2D eigenvalue weighted by molar-refractivity contribution is 6.15. The lowest BCUT2D eigenvalue weighted by Gasteiger charge is -2.21. The molecule has 0 bridgehead atoms. The van der Waals surface area contributed by atoms with Crippen LogP contribution in [0.15, 0.2) is 71.4 Å². The zero-order chi connectivity index (χ0) is 24.5. The quantitative estimate of drug-likeness (QED) is 0.243. The Balaban J connectivity index is 1.63. The molecule has 0 atom stereocenters. The number of aromatic nitrogens is 2. The second-order valence-electron chi connectivity index (χ2n) is 11.0. The van der Waals surface area contributed by atoms with Crippen LogP contribution in [0.4, 0.5) is 0 Å². The number of aryl methyl sites for hydroxylation is 1. The highest BCUT2D eigenvalue weighted by Crippen LogP contribution is 2.40. The fourth-order valence-electron chi connectivity index (χ4n) is 5.20. The number of hydrogen-bond acceptors (Lipinski definition) is 3. The number of fused-ring (bicyclic) bond motifs is 6. The van der Waals surface area contributed by atoms with Gasteiger partial charge < -0.3 is 4.42 Å². The van der Waals surface area contributed by atoms with Crippen molar-refractivity contribution >= 4 is 43.6 Å². The minimum absolute atomic E-state index is 0.0944. The van der Waals surface area contributed by atoms with Crippen LogP contribution in [0.5, 0.6) is 0 Å². The minimum atomic E-state index is 0.0944. The molecule has 6 rings (SSSR count). The molecule has 0 fully saturated rings. The lowest BCUT2D eigenvalue weighted by Crippen LogP contribution is -2.11. The normalized spacial score (nSPS) is 12.5. The summed E-state index contributed by atoms with van der Waals surface area (Å²) < 4.78 is 6.48. The Hall–Kier alpha value is -3.72. The van der Waals surface area contributed by atoms with Crippen LogP contribution in [0, 0.1) is 6.92 Å². The second-order valence-corrected chi connectivity index (χ2v) is 11.0. The summed E-state index contributed by atoms with van der Waals surface area (Å²) in [5.41, 5.74) is 8.65. The topological polar surface area (TPSA) is 38.9 Å². The van der Waals surface area contributed by atoms with E-state index in [0.29, 0.717) is 5.92 Å². The van der Waals surface area contributed by atoms with Gasteiger partial charge in [0.1, 0.15) is 17.5 Å². The van der Waals surface area contributed by atoms with E-state index in [2.05, 4.69) is 102 Å². The number of furan rings is 1. The van der Waals surface area contributed by atoms with Gasteiger partial charge in [-0.1, -0.05) is 77.1 Å². The maximum atomic E-state index is 6.48. The average molecular weight is 459 g/mol. The fraction of sp³-hybridized carbons (Fsp3) is 0.250. The Kier molecular flexibility index (Phi) is 4.76. The van der Waals surface area contributed by atoms with Gasteiger partial charge in [0.25, 0.3) is 0 Å². The Morgan fingerprint density at radius 2 is 1.63 bits per heavy atom. The first-order chi connectivity index (χ1) is 16.7. The first-order valence-electron chi connectivity index (χ1n) is 12.4. The second kappa shape index (κ2) is 7.64. The molecule has 0 aliphatic carbocycles. The van der Waals surface area contributed by atoms with Crippen molar-refractivity contribution in [1.82, 2.24) is 9.97 Å². The number of rotatable bonds is 2. The number of benzene rings is 4. The van der Waals surface area contributed by atoms with Crippen molar-refractivity contribution in [3.63, 3.8) is 0 Å². The van der Waals surface area contributed by atoms with E-state index in [0.717, 1.165) is 44.1 Å². The standard InChI is InChI=1S/C32H30N2O/c1-18(2)20-10-12-23-24-8-7-9-26(31(24)35-27(23)16-20)29-25-13-11-21-15-22(32(4,5)6)14-19(3)28(21)30(25)34-17-33-29/h7-18H,1-6H3. The third kappa shape index (κ3) is 3.41. The third-order valence-corrected chi connectivity index (χ3v) is 7.23. The molecule has 0 saturated heterocycles. The summed E-state index contributed by atoms with van der Waals surface area (Å²) in [5, 5.41) is 5.71. The van der Waals surface area contributed by atoms with E-state index in [-0.39, 0.29) is 5.41 Å². The van der Waals surface area contributed by atoms with E-state index in [4.69, 9.17) is 14.4 Å². The van der Waals surface area contributed by atoms with Gasteiger partial charge in [0.2, 0.25) is 0 Å². The SMILES string of the molecule is Cc1cc(C(C)(C)C)cc2ccc3c(-c4cccc5c4oc4cc(C(C)C)ccc45)ncnc3c12. The van der Waals surface area contributed by atoms with Crippen molar-refractivity contribution in [1.29, 1.82) is 0 Å². The molecule has 35 heavy (non-hydrogen) atoms. The lowest BCUT2D eigenvalue weighted by molar-refractivity contribution is 0.590. The molecule has 2 aromatic heterocycles. The highest BCUT2D eigenvalue weighted by atomic mass is 16.3. The van der Waals surface area contributed by atoms with Crippen molar-refractivity contribution in [2.24, 2.45) is 0 Å². The summed E-state index contributed by atoms with van der Waals surface area (Å²) in [6, 6.07) is 21.9. The van der Waals surface area contributed by atoms with Crippen LogP contribution in [0.2, 0.25) is 0 Å². The molecule has 174 valence electrons. The van der Waals surface area contributed by atoms with Gasteiger partial charge in [-0.2, -0.15) is 0 Å². The van der Waals surface area contributed by atoms with Crippen molar-refractivity contribution < 1.29 is 4.42 Å². The van der Waals surface area contributed by atoms with E-state index in [1.165, 1.54) is 27.5 Å². The predicted molar refractivity (Wildman–Crippen MR) is 147 cm³/mol. The zero-order valence-electron chi connectivity index (χ0n) is 21.2. The molecule has 2 heterocycles. The van der Waals surface area contributed by atoms with Crippen LogP contribution in [0.25, 0.3) is 54.9 Å². The molecule has 6 aromatic rings. The van der Waals surface area contributed by atoms with Crippen LogP contribution in [-0.4, -0.2) is 9.97 Å². The van der Waals surface area contributed by atoms with Crippen LogP contribution in [0.3, 0.4) is 0 Å². The van der Waals surface area contributed by atoms with Crippen LogP contribution in [-0.2, 0) is 5.41 Å². The van der Waals surface area contributed by atoms with E-state index in [1.807, 2.05) is 0 Å². The van der Waals surface area contributed by atoms with Gasteiger partial charge in [0.15, 0.2) is 0 Å². The number of hydrogen-bond donors (Lipinski definition) is 0. The molecule has 0 unspecified atom stereocenters.